The molecule has 2 fully saturated rings. The molecule has 0 spiro atoms. The number of fused-ring (bicyclic) bond motifs is 1. The molecule has 0 atom stereocenters. The number of para-hydroxylation sites is 1. The third-order valence-corrected chi connectivity index (χ3v) is 7.27. The third-order valence-electron chi connectivity index (χ3n) is 7.27. The van der Waals surface area contributed by atoms with E-state index in [1.54, 1.807) is 25.1 Å². The number of hydrogen-bond acceptors (Lipinski definition) is 5. The lowest BCUT2D eigenvalue weighted by atomic mass is 9.92. The molecule has 178 valence electrons. The van der Waals surface area contributed by atoms with Crippen LogP contribution in [0.15, 0.2) is 57.7 Å². The Labute approximate surface area is 200 Å². The Hall–Kier alpha value is -2.96. The summed E-state index contributed by atoms with van der Waals surface area (Å²) in [5, 5.41) is 0.462. The molecule has 2 saturated heterocycles. The van der Waals surface area contributed by atoms with Crippen LogP contribution < -0.4 is 5.43 Å². The lowest BCUT2D eigenvalue weighted by Gasteiger charge is -2.34. The molecule has 0 saturated carbocycles. The molecule has 1 amide bonds. The number of likely N-dealkylation sites (tertiary alicyclic amines) is 1. The molecule has 34 heavy (non-hydrogen) atoms. The van der Waals surface area contributed by atoms with Gasteiger partial charge in [0.2, 0.25) is 0 Å². The van der Waals surface area contributed by atoms with Crippen LogP contribution in [0.25, 0.3) is 22.3 Å². The highest BCUT2D eigenvalue weighted by Crippen LogP contribution is 2.29. The van der Waals surface area contributed by atoms with E-state index in [0.29, 0.717) is 33.8 Å². The van der Waals surface area contributed by atoms with Crippen LogP contribution in [-0.4, -0.2) is 61.6 Å². The van der Waals surface area contributed by atoms with Gasteiger partial charge >= 0.3 is 0 Å². The third kappa shape index (κ3) is 4.65. The van der Waals surface area contributed by atoms with Gasteiger partial charge < -0.3 is 14.1 Å². The van der Waals surface area contributed by atoms with Gasteiger partial charge in [-0.2, -0.15) is 0 Å². The van der Waals surface area contributed by atoms with Gasteiger partial charge in [0.25, 0.3) is 5.91 Å². The topological polar surface area (TPSA) is 63.0 Å². The normalized spacial score (nSPS) is 17.9. The molecule has 6 nitrogen and oxygen atoms in total. The van der Waals surface area contributed by atoms with Gasteiger partial charge in [-0.15, -0.1) is 0 Å². The molecule has 0 radical (unpaired) electrons. The fourth-order valence-corrected chi connectivity index (χ4v) is 5.13. The zero-order valence-electron chi connectivity index (χ0n) is 19.8. The van der Waals surface area contributed by atoms with Crippen molar-refractivity contribution in [1.29, 1.82) is 0 Å². The van der Waals surface area contributed by atoms with E-state index in [-0.39, 0.29) is 11.3 Å². The summed E-state index contributed by atoms with van der Waals surface area (Å²) in [6.07, 6.45) is 3.20. The number of carbonyl (C=O) groups is 1. The zero-order valence-corrected chi connectivity index (χ0v) is 19.8. The molecular weight excluding hydrogens is 428 g/mol. The Balaban J connectivity index is 1.33. The molecule has 5 rings (SSSR count). The van der Waals surface area contributed by atoms with Crippen molar-refractivity contribution in [3.63, 3.8) is 0 Å². The molecule has 0 aliphatic carbocycles. The largest absolute Gasteiger partial charge is 0.455 e. The van der Waals surface area contributed by atoms with Crippen LogP contribution in [0.3, 0.4) is 0 Å². The number of morpholine rings is 1. The minimum Gasteiger partial charge on any atom is -0.455 e. The van der Waals surface area contributed by atoms with Crippen molar-refractivity contribution in [2.45, 2.75) is 26.2 Å². The average Bonchev–Trinajstić information content (AvgIpc) is 2.90. The molecule has 2 aromatic carbocycles. The van der Waals surface area contributed by atoms with Gasteiger partial charge in [-0.3, -0.25) is 14.5 Å². The van der Waals surface area contributed by atoms with Gasteiger partial charge in [0.1, 0.15) is 5.76 Å². The molecule has 3 aromatic rings. The first kappa shape index (κ1) is 22.8. The van der Waals surface area contributed by atoms with Gasteiger partial charge in [0.05, 0.1) is 24.2 Å². The lowest BCUT2D eigenvalue weighted by Crippen LogP contribution is -2.41. The maximum atomic E-state index is 13.5. The van der Waals surface area contributed by atoms with E-state index in [1.807, 2.05) is 35.2 Å². The molecule has 2 aliphatic rings. The van der Waals surface area contributed by atoms with Crippen molar-refractivity contribution in [1.82, 2.24) is 9.80 Å². The van der Waals surface area contributed by atoms with Gasteiger partial charge in [-0.25, -0.2) is 0 Å². The highest BCUT2D eigenvalue weighted by atomic mass is 16.5. The van der Waals surface area contributed by atoms with Gasteiger partial charge in [-0.05, 0) is 50.8 Å². The summed E-state index contributed by atoms with van der Waals surface area (Å²) in [4.78, 5) is 31.0. The first-order valence-corrected chi connectivity index (χ1v) is 12.3. The predicted molar refractivity (Wildman–Crippen MR) is 133 cm³/mol. The van der Waals surface area contributed by atoms with Crippen LogP contribution in [0.1, 0.15) is 35.2 Å². The second-order valence-electron chi connectivity index (χ2n) is 9.41. The molecule has 6 heteroatoms. The van der Waals surface area contributed by atoms with Crippen LogP contribution in [0.4, 0.5) is 0 Å². The summed E-state index contributed by atoms with van der Waals surface area (Å²) in [5.74, 6) is 1.12. The smallest absolute Gasteiger partial charge is 0.257 e. The number of amides is 1. The molecular formula is C28H32N2O4. The number of benzene rings is 2. The highest BCUT2D eigenvalue weighted by Gasteiger charge is 2.27. The Kier molecular flexibility index (Phi) is 6.79. The summed E-state index contributed by atoms with van der Waals surface area (Å²) >= 11 is 0. The van der Waals surface area contributed by atoms with Crippen LogP contribution in [0.2, 0.25) is 0 Å². The summed E-state index contributed by atoms with van der Waals surface area (Å²) in [6, 6.07) is 14.9. The van der Waals surface area contributed by atoms with Crippen molar-refractivity contribution in [2.24, 2.45) is 5.92 Å². The molecule has 2 aliphatic heterocycles. The SMILES string of the molecule is Cc1c(-c2ccccc2)oc2c(C(=O)N3CCC(CCN4CCOCC4)CC3)cccc2c1=O. The summed E-state index contributed by atoms with van der Waals surface area (Å²) in [5.41, 5.74) is 2.17. The number of hydrogen-bond donors (Lipinski definition) is 0. The summed E-state index contributed by atoms with van der Waals surface area (Å²) < 4.78 is 11.7. The van der Waals surface area contributed by atoms with Crippen molar-refractivity contribution < 1.29 is 13.9 Å². The molecule has 0 N–H and O–H groups in total. The number of ether oxygens (including phenoxy) is 1. The second kappa shape index (κ2) is 10.1. The highest BCUT2D eigenvalue weighted by molar-refractivity contribution is 6.05. The van der Waals surface area contributed by atoms with Gasteiger partial charge in [-0.1, -0.05) is 36.4 Å². The van der Waals surface area contributed by atoms with E-state index in [9.17, 15) is 9.59 Å². The predicted octanol–water partition coefficient (Wildman–Crippen LogP) is 4.34. The average molecular weight is 461 g/mol. The van der Waals surface area contributed by atoms with Gasteiger partial charge in [0.15, 0.2) is 11.0 Å². The van der Waals surface area contributed by atoms with E-state index in [4.69, 9.17) is 9.15 Å². The first-order valence-electron chi connectivity index (χ1n) is 12.3. The molecule has 1 aromatic heterocycles. The van der Waals surface area contributed by atoms with E-state index in [2.05, 4.69) is 4.90 Å². The maximum absolute atomic E-state index is 13.5. The van der Waals surface area contributed by atoms with E-state index in [0.717, 1.165) is 64.3 Å². The second-order valence-corrected chi connectivity index (χ2v) is 9.41. The number of nitrogens with zero attached hydrogens (tertiary/aromatic N) is 2. The van der Waals surface area contributed by atoms with E-state index in [1.165, 1.54) is 6.42 Å². The summed E-state index contributed by atoms with van der Waals surface area (Å²) in [7, 11) is 0. The molecule has 0 bridgehead atoms. The quantitative estimate of drug-likeness (QED) is 0.567. The van der Waals surface area contributed by atoms with Crippen LogP contribution in [-0.2, 0) is 4.74 Å². The van der Waals surface area contributed by atoms with Crippen LogP contribution in [0.5, 0.6) is 0 Å². The Bertz CT molecular complexity index is 1210. The van der Waals surface area contributed by atoms with Crippen molar-refractivity contribution in [2.75, 3.05) is 45.9 Å². The number of rotatable bonds is 5. The van der Waals surface area contributed by atoms with Crippen molar-refractivity contribution >= 4 is 16.9 Å². The Morgan fingerprint density at radius 3 is 2.44 bits per heavy atom. The zero-order chi connectivity index (χ0) is 23.5. The molecule has 3 heterocycles. The maximum Gasteiger partial charge on any atom is 0.257 e. The van der Waals surface area contributed by atoms with E-state index < -0.39 is 0 Å². The van der Waals surface area contributed by atoms with Crippen molar-refractivity contribution in [3.8, 4) is 11.3 Å². The number of carbonyl (C=O) groups excluding carboxylic acids is 1. The van der Waals surface area contributed by atoms with Crippen molar-refractivity contribution in [3.05, 3.63) is 69.9 Å². The fourth-order valence-electron chi connectivity index (χ4n) is 5.13. The minimum absolute atomic E-state index is 0.0526. The number of piperidine rings is 1. The fraction of sp³-hybridized carbons (Fsp3) is 0.429. The molecule has 0 unspecified atom stereocenters. The van der Waals surface area contributed by atoms with Gasteiger partial charge in [0, 0.05) is 37.3 Å². The lowest BCUT2D eigenvalue weighted by molar-refractivity contribution is 0.0332. The summed E-state index contributed by atoms with van der Waals surface area (Å²) in [6.45, 7) is 8.08. The Morgan fingerprint density at radius 2 is 1.71 bits per heavy atom. The Morgan fingerprint density at radius 1 is 0.971 bits per heavy atom. The van der Waals surface area contributed by atoms with Crippen LogP contribution >= 0.6 is 0 Å². The van der Waals surface area contributed by atoms with E-state index >= 15 is 0 Å². The standard InChI is InChI=1S/C28H32N2O4/c1-20-25(31)23-8-5-9-24(27(23)34-26(20)22-6-3-2-4-7-22)28(32)30-14-11-21(12-15-30)10-13-29-16-18-33-19-17-29/h2-9,21H,10-19H2,1H3. The van der Waals surface area contributed by atoms with Crippen LogP contribution in [0, 0.1) is 12.8 Å². The first-order chi connectivity index (χ1) is 16.6. The minimum atomic E-state index is -0.0865. The monoisotopic (exact) mass is 460 g/mol.